The summed E-state index contributed by atoms with van der Waals surface area (Å²) < 4.78 is 6.89. The number of amides is 1. The highest BCUT2D eigenvalue weighted by Gasteiger charge is 2.12. The molecule has 0 saturated carbocycles. The van der Waals surface area contributed by atoms with Crippen molar-refractivity contribution >= 4 is 23.2 Å². The fourth-order valence-corrected chi connectivity index (χ4v) is 2.87. The molecule has 0 atom stereocenters. The number of rotatable bonds is 5. The number of anilines is 1. The van der Waals surface area contributed by atoms with Gasteiger partial charge in [0.2, 0.25) is 0 Å². The molecule has 25 heavy (non-hydrogen) atoms. The first-order valence-electron chi connectivity index (χ1n) is 8.19. The number of carbonyl (C=O) groups excluding carboxylic acids is 1. The summed E-state index contributed by atoms with van der Waals surface area (Å²) >= 11 is 5.93. The van der Waals surface area contributed by atoms with Crippen molar-refractivity contribution in [3.8, 4) is 0 Å². The summed E-state index contributed by atoms with van der Waals surface area (Å²) in [4.78, 5) is 26.7. The normalized spacial score (nSPS) is 15.1. The lowest BCUT2D eigenvalue weighted by Crippen LogP contribution is -2.39. The van der Waals surface area contributed by atoms with Gasteiger partial charge < -0.3 is 14.6 Å². The Kier molecular flexibility index (Phi) is 5.86. The van der Waals surface area contributed by atoms with Crippen LogP contribution in [0.4, 0.5) is 5.69 Å². The second-order valence-electron chi connectivity index (χ2n) is 5.87. The van der Waals surface area contributed by atoms with E-state index in [4.69, 9.17) is 16.3 Å². The molecule has 0 bridgehead atoms. The van der Waals surface area contributed by atoms with Crippen LogP contribution in [0.25, 0.3) is 0 Å². The van der Waals surface area contributed by atoms with Crippen LogP contribution in [0.1, 0.15) is 10.4 Å². The van der Waals surface area contributed by atoms with Crippen LogP contribution in [0, 0.1) is 0 Å². The molecule has 2 heterocycles. The van der Waals surface area contributed by atoms with Crippen LogP contribution in [0.15, 0.2) is 47.4 Å². The Morgan fingerprint density at radius 1 is 1.16 bits per heavy atom. The van der Waals surface area contributed by atoms with Gasteiger partial charge in [-0.2, -0.15) is 0 Å². The second kappa shape index (κ2) is 8.29. The van der Waals surface area contributed by atoms with Crippen molar-refractivity contribution in [3.63, 3.8) is 0 Å². The van der Waals surface area contributed by atoms with E-state index in [0.29, 0.717) is 22.8 Å². The van der Waals surface area contributed by atoms with E-state index in [1.807, 2.05) is 0 Å². The zero-order chi connectivity index (χ0) is 17.6. The third-order valence-electron chi connectivity index (χ3n) is 4.09. The third-order valence-corrected chi connectivity index (χ3v) is 4.32. The molecule has 3 rings (SSSR count). The number of ether oxygens (including phenoxy) is 1. The summed E-state index contributed by atoms with van der Waals surface area (Å²) in [6.45, 7) is 4.46. The van der Waals surface area contributed by atoms with Crippen LogP contribution in [0.5, 0.6) is 0 Å². The Labute approximate surface area is 151 Å². The van der Waals surface area contributed by atoms with Gasteiger partial charge in [0.25, 0.3) is 11.5 Å². The van der Waals surface area contributed by atoms with E-state index in [0.717, 1.165) is 32.8 Å². The number of hydrogen-bond donors (Lipinski definition) is 1. The summed E-state index contributed by atoms with van der Waals surface area (Å²) in [5.41, 5.74) is 0.928. The number of hydrogen-bond acceptors (Lipinski definition) is 4. The molecule has 1 aliphatic rings. The molecular formula is C18H20ClN3O3. The zero-order valence-electron chi connectivity index (χ0n) is 13.8. The summed E-state index contributed by atoms with van der Waals surface area (Å²) in [5.74, 6) is -0.276. The van der Waals surface area contributed by atoms with Gasteiger partial charge in [0.1, 0.15) is 0 Å². The van der Waals surface area contributed by atoms with Crippen LogP contribution >= 0.6 is 11.6 Å². The molecule has 1 N–H and O–H groups in total. The molecule has 2 aromatic rings. The molecule has 1 saturated heterocycles. The molecule has 132 valence electrons. The Hall–Kier alpha value is -2.15. The van der Waals surface area contributed by atoms with Gasteiger partial charge in [-0.3, -0.25) is 14.5 Å². The Bertz CT molecular complexity index is 800. The van der Waals surface area contributed by atoms with Crippen LogP contribution in [0.2, 0.25) is 5.02 Å². The third kappa shape index (κ3) is 4.92. The van der Waals surface area contributed by atoms with E-state index in [2.05, 4.69) is 10.2 Å². The summed E-state index contributed by atoms with van der Waals surface area (Å²) in [6, 6.07) is 9.90. The van der Waals surface area contributed by atoms with Gasteiger partial charge >= 0.3 is 0 Å². The minimum atomic E-state index is -0.276. The monoisotopic (exact) mass is 361 g/mol. The van der Waals surface area contributed by atoms with Crippen molar-refractivity contribution in [1.29, 1.82) is 0 Å². The first-order chi connectivity index (χ1) is 12.1. The molecule has 1 aromatic heterocycles. The number of nitrogens with zero attached hydrogens (tertiary/aromatic N) is 2. The summed E-state index contributed by atoms with van der Waals surface area (Å²) in [7, 11) is 0. The second-order valence-corrected chi connectivity index (χ2v) is 6.30. The molecule has 1 amide bonds. The van der Waals surface area contributed by atoms with Crippen LogP contribution < -0.4 is 10.9 Å². The number of aromatic nitrogens is 1. The van der Waals surface area contributed by atoms with Crippen molar-refractivity contribution < 1.29 is 9.53 Å². The Balaban J connectivity index is 1.67. The highest BCUT2D eigenvalue weighted by atomic mass is 35.5. The number of carbonyl (C=O) groups is 1. The SMILES string of the molecule is O=C(Nc1cccc(Cl)c1)c1ccc(=O)n(CCN2CCOCC2)c1. The number of nitrogens with one attached hydrogen (secondary N) is 1. The van der Waals surface area contributed by atoms with Gasteiger partial charge in [-0.15, -0.1) is 0 Å². The lowest BCUT2D eigenvalue weighted by Gasteiger charge is -2.26. The Morgan fingerprint density at radius 3 is 2.72 bits per heavy atom. The van der Waals surface area contributed by atoms with Crippen molar-refractivity contribution in [3.05, 3.63) is 63.5 Å². The van der Waals surface area contributed by atoms with E-state index in [1.54, 1.807) is 35.0 Å². The highest BCUT2D eigenvalue weighted by Crippen LogP contribution is 2.15. The van der Waals surface area contributed by atoms with E-state index in [9.17, 15) is 9.59 Å². The molecule has 1 aliphatic heterocycles. The maximum absolute atomic E-state index is 12.4. The average molecular weight is 362 g/mol. The van der Waals surface area contributed by atoms with E-state index in [1.165, 1.54) is 12.1 Å². The van der Waals surface area contributed by atoms with Gasteiger partial charge in [-0.05, 0) is 24.3 Å². The quantitative estimate of drug-likeness (QED) is 0.885. The van der Waals surface area contributed by atoms with Crippen molar-refractivity contribution in [2.45, 2.75) is 6.54 Å². The predicted octanol–water partition coefficient (Wildman–Crippen LogP) is 2.09. The van der Waals surface area contributed by atoms with Gasteiger partial charge in [0, 0.05) is 49.2 Å². The van der Waals surface area contributed by atoms with E-state index < -0.39 is 0 Å². The molecule has 6 nitrogen and oxygen atoms in total. The van der Waals surface area contributed by atoms with Crippen LogP contribution in [-0.2, 0) is 11.3 Å². The highest BCUT2D eigenvalue weighted by molar-refractivity contribution is 6.30. The van der Waals surface area contributed by atoms with Gasteiger partial charge in [0.15, 0.2) is 0 Å². The fourth-order valence-electron chi connectivity index (χ4n) is 2.68. The maximum Gasteiger partial charge on any atom is 0.257 e. The first-order valence-corrected chi connectivity index (χ1v) is 8.57. The lowest BCUT2D eigenvalue weighted by molar-refractivity contribution is 0.0363. The maximum atomic E-state index is 12.4. The van der Waals surface area contributed by atoms with Crippen LogP contribution in [0.3, 0.4) is 0 Å². The number of benzene rings is 1. The van der Waals surface area contributed by atoms with Crippen molar-refractivity contribution in [2.75, 3.05) is 38.2 Å². The summed E-state index contributed by atoms with van der Waals surface area (Å²) in [5, 5.41) is 3.33. The van der Waals surface area contributed by atoms with E-state index in [-0.39, 0.29) is 11.5 Å². The first kappa shape index (κ1) is 17.7. The molecule has 0 spiro atoms. The minimum Gasteiger partial charge on any atom is -0.379 e. The standard InChI is InChI=1S/C18H20ClN3O3/c19-15-2-1-3-16(12-15)20-18(24)14-4-5-17(23)22(13-14)7-6-21-8-10-25-11-9-21/h1-5,12-13H,6-11H2,(H,20,24). The molecule has 0 radical (unpaired) electrons. The van der Waals surface area contributed by atoms with Crippen LogP contribution in [-0.4, -0.2) is 48.2 Å². The van der Waals surface area contributed by atoms with Gasteiger partial charge in [-0.25, -0.2) is 0 Å². The molecule has 1 aromatic carbocycles. The largest absolute Gasteiger partial charge is 0.379 e. The van der Waals surface area contributed by atoms with Crippen molar-refractivity contribution in [2.24, 2.45) is 0 Å². The van der Waals surface area contributed by atoms with Crippen molar-refractivity contribution in [1.82, 2.24) is 9.47 Å². The van der Waals surface area contributed by atoms with Gasteiger partial charge in [-0.1, -0.05) is 17.7 Å². The Morgan fingerprint density at radius 2 is 1.96 bits per heavy atom. The topological polar surface area (TPSA) is 63.6 Å². The predicted molar refractivity (Wildman–Crippen MR) is 97.4 cm³/mol. The molecule has 0 aliphatic carbocycles. The minimum absolute atomic E-state index is 0.118. The molecule has 7 heteroatoms. The molecule has 0 unspecified atom stereocenters. The molecule has 1 fully saturated rings. The zero-order valence-corrected chi connectivity index (χ0v) is 14.5. The molecular weight excluding hydrogens is 342 g/mol. The van der Waals surface area contributed by atoms with Gasteiger partial charge in [0.05, 0.1) is 18.8 Å². The fraction of sp³-hybridized carbons (Fsp3) is 0.333. The summed E-state index contributed by atoms with van der Waals surface area (Å²) in [6.07, 6.45) is 1.60. The number of halogens is 1. The lowest BCUT2D eigenvalue weighted by atomic mass is 10.2. The smallest absolute Gasteiger partial charge is 0.257 e. The number of pyridine rings is 1. The van der Waals surface area contributed by atoms with E-state index >= 15 is 0 Å². The number of morpholine rings is 1. The average Bonchev–Trinajstić information content (AvgIpc) is 2.62.